The molecule has 3 aromatic rings. The Morgan fingerprint density at radius 3 is 2.76 bits per heavy atom. The van der Waals surface area contributed by atoms with Gasteiger partial charge < -0.3 is 9.67 Å². The minimum absolute atomic E-state index is 0. The first-order valence-corrected chi connectivity index (χ1v) is 10.6. The summed E-state index contributed by atoms with van der Waals surface area (Å²) in [6.07, 6.45) is 6.59. The fourth-order valence-corrected chi connectivity index (χ4v) is 4.02. The number of carbonyl (C=O) groups is 1. The molecule has 29 heavy (non-hydrogen) atoms. The highest BCUT2D eigenvalue weighted by Gasteiger charge is 2.16. The molecule has 0 amide bonds. The van der Waals surface area contributed by atoms with Gasteiger partial charge in [-0.15, -0.1) is 12.4 Å². The molecule has 2 heterocycles. The number of thiophene rings is 1. The number of benzene rings is 1. The van der Waals surface area contributed by atoms with Crippen LogP contribution in [0.5, 0.6) is 0 Å². The second-order valence-electron chi connectivity index (χ2n) is 6.66. The molecule has 0 aliphatic heterocycles. The maximum atomic E-state index is 11.5. The maximum Gasteiger partial charge on any atom is 0.328 e. The minimum atomic E-state index is -0.953. The summed E-state index contributed by atoms with van der Waals surface area (Å²) in [6.45, 7) is 2.71. The third kappa shape index (κ3) is 6.20. The van der Waals surface area contributed by atoms with Crippen molar-refractivity contribution in [1.29, 1.82) is 0 Å². The van der Waals surface area contributed by atoms with E-state index in [0.717, 1.165) is 47.5 Å². The number of carboxylic acids is 1. The number of imidazole rings is 1. The lowest BCUT2D eigenvalue weighted by Gasteiger charge is -2.15. The van der Waals surface area contributed by atoms with Crippen molar-refractivity contribution in [2.24, 2.45) is 0 Å². The third-order valence-corrected chi connectivity index (χ3v) is 5.68. The van der Waals surface area contributed by atoms with E-state index in [0.29, 0.717) is 18.0 Å². The molecule has 0 saturated carbocycles. The Kier molecular flexibility index (Phi) is 8.96. The van der Waals surface area contributed by atoms with Gasteiger partial charge in [-0.05, 0) is 46.0 Å². The fourth-order valence-electron chi connectivity index (χ4n) is 3.16. The van der Waals surface area contributed by atoms with Crippen molar-refractivity contribution in [3.05, 3.63) is 81.0 Å². The van der Waals surface area contributed by atoms with Crippen LogP contribution >= 0.6 is 35.3 Å². The number of aromatic nitrogens is 2. The molecule has 4 nitrogen and oxygen atoms in total. The SMILES string of the molecule is CCCCc1ncc(/C(=C\C(=O)O)Cc2ccsc2)n1Cc1ccccc1Cl.Cl. The predicted octanol–water partition coefficient (Wildman–Crippen LogP) is 6.12. The van der Waals surface area contributed by atoms with Crippen molar-refractivity contribution < 1.29 is 9.90 Å². The summed E-state index contributed by atoms with van der Waals surface area (Å²) < 4.78 is 2.11. The molecule has 0 atom stereocenters. The van der Waals surface area contributed by atoms with E-state index in [1.165, 1.54) is 6.08 Å². The average molecular weight is 451 g/mol. The molecule has 0 aliphatic carbocycles. The summed E-state index contributed by atoms with van der Waals surface area (Å²) in [4.78, 5) is 16.1. The van der Waals surface area contributed by atoms with Crippen LogP contribution in [0.4, 0.5) is 0 Å². The number of carboxylic acid groups (broad SMARTS) is 1. The highest BCUT2D eigenvalue weighted by atomic mass is 35.5. The maximum absolute atomic E-state index is 11.5. The Bertz CT molecular complexity index is 965. The normalized spacial score (nSPS) is 11.3. The molecule has 0 saturated heterocycles. The Balaban J connectivity index is 0.00000300. The molecule has 0 bridgehead atoms. The van der Waals surface area contributed by atoms with E-state index in [2.05, 4.69) is 16.5 Å². The van der Waals surface area contributed by atoms with Crippen molar-refractivity contribution in [2.75, 3.05) is 0 Å². The van der Waals surface area contributed by atoms with E-state index in [-0.39, 0.29) is 12.4 Å². The molecule has 1 aromatic carbocycles. The van der Waals surface area contributed by atoms with Crippen molar-refractivity contribution in [1.82, 2.24) is 9.55 Å². The zero-order chi connectivity index (χ0) is 19.9. The van der Waals surface area contributed by atoms with E-state index in [1.807, 2.05) is 41.1 Å². The van der Waals surface area contributed by atoms with Crippen molar-refractivity contribution in [3.8, 4) is 0 Å². The van der Waals surface area contributed by atoms with Gasteiger partial charge in [0.05, 0.1) is 18.4 Å². The van der Waals surface area contributed by atoms with Gasteiger partial charge in [-0.1, -0.05) is 43.1 Å². The van der Waals surface area contributed by atoms with E-state index in [1.54, 1.807) is 17.5 Å². The standard InChI is InChI=1S/C22H23ClN2O2S.ClH/c1-2-3-8-21-24-13-20(25(21)14-17-6-4-5-7-19(17)23)18(12-22(26)27)11-16-9-10-28-15-16;/h4-7,9-10,12-13,15H,2-3,8,11,14H2,1H3,(H,26,27);1H/b18-12-;. The van der Waals surface area contributed by atoms with Crippen molar-refractivity contribution in [3.63, 3.8) is 0 Å². The van der Waals surface area contributed by atoms with Gasteiger partial charge in [-0.2, -0.15) is 11.3 Å². The number of hydrogen-bond acceptors (Lipinski definition) is 3. The van der Waals surface area contributed by atoms with Gasteiger partial charge in [0.1, 0.15) is 5.82 Å². The summed E-state index contributed by atoms with van der Waals surface area (Å²) in [7, 11) is 0. The summed E-state index contributed by atoms with van der Waals surface area (Å²) in [5.74, 6) is 0.00390. The third-order valence-electron chi connectivity index (χ3n) is 4.58. The van der Waals surface area contributed by atoms with Crippen LogP contribution in [-0.2, 0) is 24.2 Å². The second kappa shape index (κ2) is 11.2. The predicted molar refractivity (Wildman–Crippen MR) is 122 cm³/mol. The molecule has 1 N–H and O–H groups in total. The Hall–Kier alpha value is -2.08. The monoisotopic (exact) mass is 450 g/mol. The molecule has 0 radical (unpaired) electrons. The van der Waals surface area contributed by atoms with E-state index in [4.69, 9.17) is 11.6 Å². The van der Waals surface area contributed by atoms with Crippen LogP contribution in [0, 0.1) is 0 Å². The number of unbranched alkanes of at least 4 members (excludes halogenated alkanes) is 1. The highest BCUT2D eigenvalue weighted by molar-refractivity contribution is 7.07. The van der Waals surface area contributed by atoms with Gasteiger partial charge in [0.25, 0.3) is 0 Å². The molecular weight excluding hydrogens is 427 g/mol. The van der Waals surface area contributed by atoms with Gasteiger partial charge >= 0.3 is 5.97 Å². The van der Waals surface area contributed by atoms with Crippen molar-refractivity contribution >= 4 is 46.9 Å². The largest absolute Gasteiger partial charge is 0.478 e. The summed E-state index contributed by atoms with van der Waals surface area (Å²) in [5.41, 5.74) is 3.66. The Morgan fingerprint density at radius 1 is 1.31 bits per heavy atom. The zero-order valence-electron chi connectivity index (χ0n) is 16.2. The molecule has 0 spiro atoms. The van der Waals surface area contributed by atoms with E-state index < -0.39 is 5.97 Å². The number of allylic oxidation sites excluding steroid dienone is 1. The van der Waals surface area contributed by atoms with Crippen LogP contribution < -0.4 is 0 Å². The molecule has 154 valence electrons. The van der Waals surface area contributed by atoms with Gasteiger partial charge in [0, 0.05) is 23.9 Å². The highest BCUT2D eigenvalue weighted by Crippen LogP contribution is 2.26. The number of aliphatic carboxylic acids is 1. The van der Waals surface area contributed by atoms with E-state index >= 15 is 0 Å². The van der Waals surface area contributed by atoms with Gasteiger partial charge in [-0.3, -0.25) is 0 Å². The lowest BCUT2D eigenvalue weighted by molar-refractivity contribution is -0.131. The van der Waals surface area contributed by atoms with E-state index in [9.17, 15) is 9.90 Å². The summed E-state index contributed by atoms with van der Waals surface area (Å²) in [6, 6.07) is 9.76. The van der Waals surface area contributed by atoms with Crippen LogP contribution in [0.25, 0.3) is 5.57 Å². The summed E-state index contributed by atoms with van der Waals surface area (Å²) in [5, 5.41) is 14.2. The number of rotatable bonds is 9. The van der Waals surface area contributed by atoms with Gasteiger partial charge in [0.15, 0.2) is 0 Å². The molecule has 0 aliphatic rings. The molecular formula is C22H24Cl2N2O2S. The first-order chi connectivity index (χ1) is 13.6. The molecule has 2 aromatic heterocycles. The molecule has 0 unspecified atom stereocenters. The fraction of sp³-hybridized carbons (Fsp3) is 0.273. The molecule has 0 fully saturated rings. The number of hydrogen-bond donors (Lipinski definition) is 1. The quantitative estimate of drug-likeness (QED) is 0.399. The average Bonchev–Trinajstić information content (AvgIpc) is 3.31. The van der Waals surface area contributed by atoms with Gasteiger partial charge in [0.2, 0.25) is 0 Å². The van der Waals surface area contributed by atoms with Gasteiger partial charge in [-0.25, -0.2) is 9.78 Å². The van der Waals surface area contributed by atoms with Crippen LogP contribution in [-0.4, -0.2) is 20.6 Å². The Labute approximate surface area is 186 Å². The van der Waals surface area contributed by atoms with Crippen molar-refractivity contribution in [2.45, 2.75) is 39.2 Å². The first-order valence-electron chi connectivity index (χ1n) is 9.31. The molecule has 7 heteroatoms. The molecule has 3 rings (SSSR count). The smallest absolute Gasteiger partial charge is 0.328 e. The second-order valence-corrected chi connectivity index (χ2v) is 7.84. The Morgan fingerprint density at radius 2 is 2.10 bits per heavy atom. The lowest BCUT2D eigenvalue weighted by Crippen LogP contribution is -2.10. The number of nitrogens with zero attached hydrogens (tertiary/aromatic N) is 2. The number of halogens is 2. The van der Waals surface area contributed by atoms with Crippen LogP contribution in [0.1, 0.15) is 42.4 Å². The topological polar surface area (TPSA) is 55.1 Å². The lowest BCUT2D eigenvalue weighted by atomic mass is 10.0. The van der Waals surface area contributed by atoms with Crippen LogP contribution in [0.15, 0.2) is 53.4 Å². The summed E-state index contributed by atoms with van der Waals surface area (Å²) >= 11 is 7.99. The minimum Gasteiger partial charge on any atom is -0.478 e. The zero-order valence-corrected chi connectivity index (χ0v) is 18.6. The number of aryl methyl sites for hydroxylation is 1. The first kappa shape index (κ1) is 23.2. The van der Waals surface area contributed by atoms with Crippen LogP contribution in [0.2, 0.25) is 5.02 Å². The van der Waals surface area contributed by atoms with Crippen LogP contribution in [0.3, 0.4) is 0 Å².